The Labute approximate surface area is 144 Å². The monoisotopic (exact) mass is 412 g/mol. The topological polar surface area (TPSA) is 17.8 Å². The largest absolute Gasteiger partial charge is 0.269 e. The fraction of sp³-hybridized carbons (Fsp3) is 0.471. The highest BCUT2D eigenvalue weighted by molar-refractivity contribution is 9.10. The van der Waals surface area contributed by atoms with E-state index < -0.39 is 0 Å². The smallest absolute Gasteiger partial charge is 0.0631 e. The lowest BCUT2D eigenvalue weighted by Crippen LogP contribution is -2.09. The molecular weight excluding hydrogens is 392 g/mol. The minimum Gasteiger partial charge on any atom is -0.269 e. The van der Waals surface area contributed by atoms with E-state index in [-0.39, 0.29) is 0 Å². The van der Waals surface area contributed by atoms with Crippen LogP contribution in [0.25, 0.3) is 0 Å². The Bertz CT molecular complexity index is 544. The fourth-order valence-electron chi connectivity index (χ4n) is 2.60. The SMILES string of the molecule is CCC(CC)n1ccc(CC(CBr)c2ccc(Br)cc2)n1. The van der Waals surface area contributed by atoms with Gasteiger partial charge in [-0.1, -0.05) is 57.8 Å². The molecule has 1 unspecified atom stereocenters. The van der Waals surface area contributed by atoms with Crippen molar-refractivity contribution < 1.29 is 0 Å². The summed E-state index contributed by atoms with van der Waals surface area (Å²) in [5.41, 5.74) is 2.53. The molecule has 0 aliphatic carbocycles. The van der Waals surface area contributed by atoms with Gasteiger partial charge in [0.05, 0.1) is 11.7 Å². The highest BCUT2D eigenvalue weighted by Gasteiger charge is 2.14. The molecule has 2 aromatic rings. The van der Waals surface area contributed by atoms with Crippen LogP contribution in [0.3, 0.4) is 0 Å². The van der Waals surface area contributed by atoms with E-state index in [4.69, 9.17) is 5.10 Å². The number of aromatic nitrogens is 2. The van der Waals surface area contributed by atoms with E-state index in [2.05, 4.69) is 86.9 Å². The first-order valence-electron chi connectivity index (χ1n) is 7.53. The predicted octanol–water partition coefficient (Wildman–Crippen LogP) is 5.73. The summed E-state index contributed by atoms with van der Waals surface area (Å²) in [5, 5.41) is 5.72. The molecule has 0 bridgehead atoms. The second-order valence-corrected chi connectivity index (χ2v) is 6.93. The third kappa shape index (κ3) is 4.43. The van der Waals surface area contributed by atoms with E-state index in [1.165, 1.54) is 11.3 Å². The van der Waals surface area contributed by atoms with Gasteiger partial charge in [0.25, 0.3) is 0 Å². The molecule has 0 radical (unpaired) electrons. The Balaban J connectivity index is 2.10. The van der Waals surface area contributed by atoms with Crippen molar-refractivity contribution in [3.63, 3.8) is 0 Å². The van der Waals surface area contributed by atoms with Crippen molar-refractivity contribution >= 4 is 31.9 Å². The average molecular weight is 414 g/mol. The molecule has 0 amide bonds. The zero-order valence-electron chi connectivity index (χ0n) is 12.6. The lowest BCUT2D eigenvalue weighted by Gasteiger charge is -2.14. The van der Waals surface area contributed by atoms with Crippen LogP contribution in [-0.4, -0.2) is 15.1 Å². The molecule has 21 heavy (non-hydrogen) atoms. The van der Waals surface area contributed by atoms with Crippen LogP contribution in [0, 0.1) is 0 Å². The maximum Gasteiger partial charge on any atom is 0.0631 e. The molecule has 0 aliphatic rings. The molecule has 1 atom stereocenters. The van der Waals surface area contributed by atoms with E-state index in [1.54, 1.807) is 0 Å². The molecule has 1 aromatic heterocycles. The molecule has 0 spiro atoms. The van der Waals surface area contributed by atoms with Crippen molar-refractivity contribution in [3.05, 3.63) is 52.3 Å². The van der Waals surface area contributed by atoms with Crippen LogP contribution >= 0.6 is 31.9 Å². The van der Waals surface area contributed by atoms with E-state index >= 15 is 0 Å². The predicted molar refractivity (Wildman–Crippen MR) is 96.2 cm³/mol. The van der Waals surface area contributed by atoms with Gasteiger partial charge in [-0.05, 0) is 48.9 Å². The summed E-state index contributed by atoms with van der Waals surface area (Å²) < 4.78 is 3.25. The second kappa shape index (κ2) is 8.14. The first-order chi connectivity index (χ1) is 10.2. The number of halogens is 2. The van der Waals surface area contributed by atoms with E-state index in [0.29, 0.717) is 12.0 Å². The summed E-state index contributed by atoms with van der Waals surface area (Å²) in [4.78, 5) is 0. The zero-order valence-corrected chi connectivity index (χ0v) is 15.8. The Morgan fingerprint density at radius 1 is 1.10 bits per heavy atom. The average Bonchev–Trinajstić information content (AvgIpc) is 2.96. The standard InChI is InChI=1S/C17H22Br2N2/c1-3-17(4-2)21-10-9-16(20-21)11-14(12-18)13-5-7-15(19)8-6-13/h5-10,14,17H,3-4,11-12H2,1-2H3. The van der Waals surface area contributed by atoms with Gasteiger partial charge in [-0.15, -0.1) is 0 Å². The Hall–Kier alpha value is -0.610. The molecule has 2 nitrogen and oxygen atoms in total. The van der Waals surface area contributed by atoms with Crippen molar-refractivity contribution in [3.8, 4) is 0 Å². The van der Waals surface area contributed by atoms with E-state index in [9.17, 15) is 0 Å². The summed E-state index contributed by atoms with van der Waals surface area (Å²) in [7, 11) is 0. The Morgan fingerprint density at radius 3 is 2.33 bits per heavy atom. The highest BCUT2D eigenvalue weighted by atomic mass is 79.9. The molecular formula is C17H22Br2N2. The van der Waals surface area contributed by atoms with Crippen LogP contribution in [0.15, 0.2) is 41.0 Å². The number of hydrogen-bond acceptors (Lipinski definition) is 1. The van der Waals surface area contributed by atoms with Gasteiger partial charge in [-0.3, -0.25) is 4.68 Å². The van der Waals surface area contributed by atoms with Crippen molar-refractivity contribution in [2.24, 2.45) is 0 Å². The van der Waals surface area contributed by atoms with Gasteiger partial charge >= 0.3 is 0 Å². The van der Waals surface area contributed by atoms with Crippen molar-refractivity contribution in [2.75, 3.05) is 5.33 Å². The van der Waals surface area contributed by atoms with Crippen LogP contribution in [0.1, 0.15) is 49.9 Å². The molecule has 0 fully saturated rings. The minimum absolute atomic E-state index is 0.461. The van der Waals surface area contributed by atoms with Crippen LogP contribution in [-0.2, 0) is 6.42 Å². The maximum absolute atomic E-state index is 4.77. The summed E-state index contributed by atoms with van der Waals surface area (Å²) in [6, 6.07) is 11.3. The summed E-state index contributed by atoms with van der Waals surface area (Å²) in [6.45, 7) is 4.44. The number of hydrogen-bond donors (Lipinski definition) is 0. The van der Waals surface area contributed by atoms with Gasteiger partial charge in [0.1, 0.15) is 0 Å². The van der Waals surface area contributed by atoms with Crippen LogP contribution in [0.5, 0.6) is 0 Å². The third-order valence-electron chi connectivity index (χ3n) is 3.96. The Morgan fingerprint density at radius 2 is 1.76 bits per heavy atom. The van der Waals surface area contributed by atoms with Crippen LogP contribution in [0.4, 0.5) is 0 Å². The Kier molecular flexibility index (Phi) is 6.49. The number of alkyl halides is 1. The number of benzene rings is 1. The molecule has 0 aliphatic heterocycles. The molecule has 0 saturated carbocycles. The first-order valence-corrected chi connectivity index (χ1v) is 9.44. The van der Waals surface area contributed by atoms with Crippen LogP contribution < -0.4 is 0 Å². The second-order valence-electron chi connectivity index (χ2n) is 5.36. The van der Waals surface area contributed by atoms with Gasteiger partial charge in [0.15, 0.2) is 0 Å². The van der Waals surface area contributed by atoms with Gasteiger partial charge < -0.3 is 0 Å². The molecule has 1 heterocycles. The van der Waals surface area contributed by atoms with Gasteiger partial charge in [0, 0.05) is 16.0 Å². The number of rotatable bonds is 7. The lowest BCUT2D eigenvalue weighted by atomic mass is 9.96. The molecule has 1 aromatic carbocycles. The van der Waals surface area contributed by atoms with Gasteiger partial charge in [-0.2, -0.15) is 5.10 Å². The normalized spacial score (nSPS) is 12.8. The molecule has 0 saturated heterocycles. The lowest BCUT2D eigenvalue weighted by molar-refractivity contribution is 0.424. The number of nitrogens with zero attached hydrogens (tertiary/aromatic N) is 2. The summed E-state index contributed by atoms with van der Waals surface area (Å²) in [6.07, 6.45) is 5.36. The summed E-state index contributed by atoms with van der Waals surface area (Å²) >= 11 is 7.14. The van der Waals surface area contributed by atoms with E-state index in [0.717, 1.165) is 29.1 Å². The molecule has 114 valence electrons. The minimum atomic E-state index is 0.461. The van der Waals surface area contributed by atoms with Crippen molar-refractivity contribution in [2.45, 2.75) is 45.1 Å². The van der Waals surface area contributed by atoms with Gasteiger partial charge in [-0.25, -0.2) is 0 Å². The molecule has 0 N–H and O–H groups in total. The van der Waals surface area contributed by atoms with Crippen molar-refractivity contribution in [1.82, 2.24) is 9.78 Å². The van der Waals surface area contributed by atoms with Gasteiger partial charge in [0.2, 0.25) is 0 Å². The molecule has 4 heteroatoms. The third-order valence-corrected chi connectivity index (χ3v) is 5.27. The van der Waals surface area contributed by atoms with Crippen molar-refractivity contribution in [1.29, 1.82) is 0 Å². The summed E-state index contributed by atoms with van der Waals surface area (Å²) in [5.74, 6) is 0.461. The maximum atomic E-state index is 4.77. The first kappa shape index (κ1) is 16.8. The fourth-order valence-corrected chi connectivity index (χ4v) is 3.47. The molecule has 2 rings (SSSR count). The highest BCUT2D eigenvalue weighted by Crippen LogP contribution is 2.25. The van der Waals surface area contributed by atoms with E-state index in [1.807, 2.05) is 0 Å². The van der Waals surface area contributed by atoms with Crippen LogP contribution in [0.2, 0.25) is 0 Å². The zero-order chi connectivity index (χ0) is 15.2. The quantitative estimate of drug-likeness (QED) is 0.530.